The quantitative estimate of drug-likeness (QED) is 0.753. The maximum absolute atomic E-state index is 4.34. The number of hydrogen-bond acceptors (Lipinski definition) is 3. The lowest BCUT2D eigenvalue weighted by atomic mass is 10.1. The van der Waals surface area contributed by atoms with Gasteiger partial charge in [-0.1, -0.05) is 12.1 Å². The van der Waals surface area contributed by atoms with E-state index in [1.165, 1.54) is 5.56 Å². The van der Waals surface area contributed by atoms with Crippen molar-refractivity contribution in [3.8, 4) is 11.3 Å². The molecule has 3 rings (SSSR count). The fraction of sp³-hybridized carbons (Fsp3) is 0.250. The molecule has 2 N–H and O–H groups in total. The Balaban J connectivity index is 1.62. The molecule has 0 aliphatic rings. The standard InChI is InChI=1S/C16H19N5/c1-12(2)21-11-13(10-19-21)9-17-15-5-3-14(4-6-15)16-7-8-18-20-16/h3-8,10-12,17H,9H2,1-2H3,(H,18,20). The van der Waals surface area contributed by atoms with Crippen LogP contribution in [0.25, 0.3) is 11.3 Å². The molecule has 0 saturated carbocycles. The van der Waals surface area contributed by atoms with Crippen molar-refractivity contribution >= 4 is 5.69 Å². The van der Waals surface area contributed by atoms with Gasteiger partial charge in [-0.05, 0) is 37.6 Å². The van der Waals surface area contributed by atoms with Gasteiger partial charge in [-0.15, -0.1) is 0 Å². The summed E-state index contributed by atoms with van der Waals surface area (Å²) >= 11 is 0. The fourth-order valence-corrected chi connectivity index (χ4v) is 2.14. The molecule has 0 saturated heterocycles. The molecule has 0 unspecified atom stereocenters. The number of benzene rings is 1. The average molecular weight is 281 g/mol. The second kappa shape index (κ2) is 5.83. The molecular formula is C16H19N5. The number of aromatic amines is 1. The first-order chi connectivity index (χ1) is 10.2. The molecule has 0 atom stereocenters. The van der Waals surface area contributed by atoms with Crippen LogP contribution in [-0.2, 0) is 6.54 Å². The molecule has 108 valence electrons. The lowest BCUT2D eigenvalue weighted by Crippen LogP contribution is -2.01. The maximum atomic E-state index is 4.34. The van der Waals surface area contributed by atoms with E-state index in [4.69, 9.17) is 0 Å². The Morgan fingerprint density at radius 1 is 1.19 bits per heavy atom. The van der Waals surface area contributed by atoms with Gasteiger partial charge in [-0.3, -0.25) is 9.78 Å². The van der Waals surface area contributed by atoms with Gasteiger partial charge < -0.3 is 5.32 Å². The maximum Gasteiger partial charge on any atom is 0.0650 e. The summed E-state index contributed by atoms with van der Waals surface area (Å²) in [5.41, 5.74) is 4.43. The molecule has 1 aromatic carbocycles. The highest BCUT2D eigenvalue weighted by atomic mass is 15.3. The Morgan fingerprint density at radius 2 is 2.00 bits per heavy atom. The Kier molecular flexibility index (Phi) is 3.73. The van der Waals surface area contributed by atoms with E-state index in [2.05, 4.69) is 64.9 Å². The van der Waals surface area contributed by atoms with E-state index in [1.54, 1.807) is 6.20 Å². The third-order valence-corrected chi connectivity index (χ3v) is 3.38. The van der Waals surface area contributed by atoms with Gasteiger partial charge >= 0.3 is 0 Å². The number of anilines is 1. The zero-order valence-corrected chi connectivity index (χ0v) is 12.2. The van der Waals surface area contributed by atoms with E-state index >= 15 is 0 Å². The molecule has 5 nitrogen and oxygen atoms in total. The van der Waals surface area contributed by atoms with Crippen LogP contribution in [0, 0.1) is 0 Å². The van der Waals surface area contributed by atoms with Crippen LogP contribution < -0.4 is 5.32 Å². The predicted octanol–water partition coefficient (Wildman–Crippen LogP) is 3.47. The van der Waals surface area contributed by atoms with Crippen molar-refractivity contribution in [3.05, 3.63) is 54.5 Å². The van der Waals surface area contributed by atoms with E-state index in [9.17, 15) is 0 Å². The molecule has 0 amide bonds. The van der Waals surface area contributed by atoms with Crippen molar-refractivity contribution in [1.29, 1.82) is 0 Å². The average Bonchev–Trinajstić information content (AvgIpc) is 3.17. The first-order valence-corrected chi connectivity index (χ1v) is 7.09. The Morgan fingerprint density at radius 3 is 2.62 bits per heavy atom. The third-order valence-electron chi connectivity index (χ3n) is 3.38. The van der Waals surface area contributed by atoms with Crippen molar-refractivity contribution in [3.63, 3.8) is 0 Å². The number of rotatable bonds is 5. The van der Waals surface area contributed by atoms with Gasteiger partial charge in [0, 0.05) is 36.2 Å². The highest BCUT2D eigenvalue weighted by molar-refractivity contribution is 5.62. The summed E-state index contributed by atoms with van der Waals surface area (Å²) in [7, 11) is 0. The first-order valence-electron chi connectivity index (χ1n) is 7.09. The summed E-state index contributed by atoms with van der Waals surface area (Å²) in [5.74, 6) is 0. The molecule has 3 aromatic rings. The normalized spacial score (nSPS) is 11.0. The zero-order valence-electron chi connectivity index (χ0n) is 12.2. The molecule has 0 bridgehead atoms. The number of H-pyrrole nitrogens is 1. The van der Waals surface area contributed by atoms with Gasteiger partial charge in [-0.25, -0.2) is 0 Å². The van der Waals surface area contributed by atoms with Crippen molar-refractivity contribution in [1.82, 2.24) is 20.0 Å². The van der Waals surface area contributed by atoms with Crippen molar-refractivity contribution in [2.75, 3.05) is 5.32 Å². The molecule has 21 heavy (non-hydrogen) atoms. The molecule has 5 heteroatoms. The second-order valence-corrected chi connectivity index (χ2v) is 5.32. The molecule has 2 heterocycles. The number of hydrogen-bond donors (Lipinski definition) is 2. The van der Waals surface area contributed by atoms with Gasteiger partial charge in [0.1, 0.15) is 0 Å². The summed E-state index contributed by atoms with van der Waals surface area (Å²) in [6, 6.07) is 10.7. The fourth-order valence-electron chi connectivity index (χ4n) is 2.14. The zero-order chi connectivity index (χ0) is 14.7. The van der Waals surface area contributed by atoms with E-state index < -0.39 is 0 Å². The molecule has 0 fully saturated rings. The van der Waals surface area contributed by atoms with E-state index in [-0.39, 0.29) is 0 Å². The number of nitrogens with one attached hydrogen (secondary N) is 2. The number of aromatic nitrogens is 4. The Labute approximate surface area is 124 Å². The van der Waals surface area contributed by atoms with Gasteiger partial charge in [0.05, 0.1) is 11.9 Å². The molecule has 0 radical (unpaired) electrons. The minimum absolute atomic E-state index is 0.396. The Bertz CT molecular complexity index is 680. The van der Waals surface area contributed by atoms with Crippen LogP contribution in [0.3, 0.4) is 0 Å². The van der Waals surface area contributed by atoms with Crippen molar-refractivity contribution in [2.45, 2.75) is 26.4 Å². The van der Waals surface area contributed by atoms with E-state index in [0.29, 0.717) is 6.04 Å². The highest BCUT2D eigenvalue weighted by Crippen LogP contribution is 2.19. The smallest absolute Gasteiger partial charge is 0.0650 e. The van der Waals surface area contributed by atoms with Crippen LogP contribution >= 0.6 is 0 Å². The minimum atomic E-state index is 0.396. The Hall–Kier alpha value is -2.56. The molecule has 0 aliphatic carbocycles. The topological polar surface area (TPSA) is 58.5 Å². The molecule has 0 aliphatic heterocycles. The van der Waals surface area contributed by atoms with Crippen LogP contribution in [0.2, 0.25) is 0 Å². The molecule has 2 aromatic heterocycles. The van der Waals surface area contributed by atoms with Crippen molar-refractivity contribution < 1.29 is 0 Å². The monoisotopic (exact) mass is 281 g/mol. The van der Waals surface area contributed by atoms with E-state index in [1.807, 2.05) is 16.9 Å². The number of nitrogens with zero attached hydrogens (tertiary/aromatic N) is 3. The van der Waals surface area contributed by atoms with Gasteiger partial charge in [0.2, 0.25) is 0 Å². The molecule has 0 spiro atoms. The van der Waals surface area contributed by atoms with Crippen molar-refractivity contribution in [2.24, 2.45) is 0 Å². The van der Waals surface area contributed by atoms with Crippen LogP contribution in [0.1, 0.15) is 25.5 Å². The van der Waals surface area contributed by atoms with Gasteiger partial charge in [-0.2, -0.15) is 10.2 Å². The second-order valence-electron chi connectivity index (χ2n) is 5.32. The first kappa shape index (κ1) is 13.4. The predicted molar refractivity (Wildman–Crippen MR) is 84.0 cm³/mol. The van der Waals surface area contributed by atoms with Crippen LogP contribution in [0.5, 0.6) is 0 Å². The lowest BCUT2D eigenvalue weighted by Gasteiger charge is -2.06. The van der Waals surface area contributed by atoms with Crippen LogP contribution in [0.15, 0.2) is 48.9 Å². The summed E-state index contributed by atoms with van der Waals surface area (Å²) in [6.07, 6.45) is 5.75. The highest BCUT2D eigenvalue weighted by Gasteiger charge is 2.02. The third kappa shape index (κ3) is 3.13. The largest absolute Gasteiger partial charge is 0.381 e. The SMILES string of the molecule is CC(C)n1cc(CNc2ccc(-c3ccn[nH]3)cc2)cn1. The summed E-state index contributed by atoms with van der Waals surface area (Å²) < 4.78 is 1.97. The van der Waals surface area contributed by atoms with Crippen LogP contribution in [-0.4, -0.2) is 20.0 Å². The summed E-state index contributed by atoms with van der Waals surface area (Å²) in [4.78, 5) is 0. The van der Waals surface area contributed by atoms with Crippen LogP contribution in [0.4, 0.5) is 5.69 Å². The van der Waals surface area contributed by atoms with Gasteiger partial charge in [0.15, 0.2) is 0 Å². The summed E-state index contributed by atoms with van der Waals surface area (Å²) in [5, 5.41) is 14.7. The summed E-state index contributed by atoms with van der Waals surface area (Å²) in [6.45, 7) is 5.02. The molecular weight excluding hydrogens is 262 g/mol. The van der Waals surface area contributed by atoms with E-state index in [0.717, 1.165) is 23.5 Å². The minimum Gasteiger partial charge on any atom is -0.381 e. The lowest BCUT2D eigenvalue weighted by molar-refractivity contribution is 0.532. The van der Waals surface area contributed by atoms with Gasteiger partial charge in [0.25, 0.3) is 0 Å².